The maximum atomic E-state index is 13.8. The summed E-state index contributed by atoms with van der Waals surface area (Å²) in [6.45, 7) is 4.09. The summed E-state index contributed by atoms with van der Waals surface area (Å²) in [4.78, 5) is 0. The lowest BCUT2D eigenvalue weighted by Gasteiger charge is -2.27. The summed E-state index contributed by atoms with van der Waals surface area (Å²) in [6, 6.07) is 4.37. The topological polar surface area (TPSA) is 90.9 Å². The highest BCUT2D eigenvalue weighted by Gasteiger charge is 2.20. The molecule has 0 fully saturated rings. The van der Waals surface area contributed by atoms with Gasteiger partial charge < -0.3 is 21.4 Å². The first kappa shape index (κ1) is 15.4. The molecule has 1 aromatic rings. The number of rotatable bonds is 6. The van der Waals surface area contributed by atoms with Crippen molar-refractivity contribution in [3.8, 4) is 0 Å². The highest BCUT2D eigenvalue weighted by atomic mass is 19.1. The first-order valence-electron chi connectivity index (χ1n) is 6.08. The summed E-state index contributed by atoms with van der Waals surface area (Å²) in [5.74, 6) is -0.569. The minimum atomic E-state index is -0.437. The molecule has 1 aromatic carbocycles. The fourth-order valence-electron chi connectivity index (χ4n) is 1.51. The molecule has 0 radical (unpaired) electrons. The van der Waals surface area contributed by atoms with E-state index in [0.717, 1.165) is 6.42 Å². The van der Waals surface area contributed by atoms with E-state index >= 15 is 0 Å². The maximum absolute atomic E-state index is 13.8. The summed E-state index contributed by atoms with van der Waals surface area (Å²) in [5.41, 5.74) is 5.73. The number of nitrogens with zero attached hydrogens (tertiary/aromatic N) is 1. The fraction of sp³-hybridized carbons (Fsp3) is 0.462. The van der Waals surface area contributed by atoms with Crippen LogP contribution in [0.25, 0.3) is 0 Å². The Kier molecular flexibility index (Phi) is 5.26. The van der Waals surface area contributed by atoms with Crippen LogP contribution >= 0.6 is 0 Å². The van der Waals surface area contributed by atoms with Gasteiger partial charge in [-0.05, 0) is 19.4 Å². The third-order valence-electron chi connectivity index (χ3n) is 3.29. The van der Waals surface area contributed by atoms with Crippen molar-refractivity contribution in [3.63, 3.8) is 0 Å². The Hall–Kier alpha value is -1.66. The first-order chi connectivity index (χ1) is 8.95. The van der Waals surface area contributed by atoms with Gasteiger partial charge in [0.2, 0.25) is 0 Å². The summed E-state index contributed by atoms with van der Waals surface area (Å²) in [7, 11) is 0. The molecule has 106 valence electrons. The van der Waals surface area contributed by atoms with E-state index < -0.39 is 11.4 Å². The van der Waals surface area contributed by atoms with Gasteiger partial charge in [-0.3, -0.25) is 0 Å². The minimum Gasteiger partial charge on any atom is -0.409 e. The molecule has 0 aromatic heterocycles. The van der Waals surface area contributed by atoms with Crippen LogP contribution in [0.4, 0.5) is 4.39 Å². The van der Waals surface area contributed by atoms with Crippen molar-refractivity contribution >= 4 is 5.84 Å². The highest BCUT2D eigenvalue weighted by molar-refractivity contribution is 5.97. The van der Waals surface area contributed by atoms with E-state index in [-0.39, 0.29) is 12.4 Å². The normalized spacial score (nSPS) is 15.3. The molecule has 6 heteroatoms. The van der Waals surface area contributed by atoms with E-state index in [2.05, 4.69) is 10.5 Å². The molecule has 0 heterocycles. The second-order valence-electron chi connectivity index (χ2n) is 4.72. The number of aliphatic hydroxyl groups is 1. The molecular formula is C13H20FN3O2. The molecule has 0 aliphatic rings. The Morgan fingerprint density at radius 2 is 2.21 bits per heavy atom. The number of hydrogen-bond acceptors (Lipinski definition) is 4. The predicted octanol–water partition coefficient (Wildman–Crippen LogP) is 1.17. The Bertz CT molecular complexity index is 459. The van der Waals surface area contributed by atoms with E-state index in [1.165, 1.54) is 6.07 Å². The van der Waals surface area contributed by atoms with Crippen molar-refractivity contribution in [2.24, 2.45) is 10.9 Å². The molecule has 0 saturated heterocycles. The molecule has 5 N–H and O–H groups in total. The highest BCUT2D eigenvalue weighted by Crippen LogP contribution is 2.14. The number of nitrogens with one attached hydrogen (secondary N) is 1. The van der Waals surface area contributed by atoms with Crippen LogP contribution in [0.5, 0.6) is 0 Å². The molecule has 0 aliphatic carbocycles. The number of hydrogen-bond donors (Lipinski definition) is 4. The molecule has 1 unspecified atom stereocenters. The van der Waals surface area contributed by atoms with Crippen LogP contribution in [0.15, 0.2) is 23.4 Å². The number of oxime groups is 1. The van der Waals surface area contributed by atoms with Gasteiger partial charge in [-0.2, -0.15) is 0 Å². The minimum absolute atomic E-state index is 0.0205. The Morgan fingerprint density at radius 3 is 2.68 bits per heavy atom. The molecule has 19 heavy (non-hydrogen) atoms. The molecule has 5 nitrogen and oxygen atoms in total. The maximum Gasteiger partial charge on any atom is 0.170 e. The van der Waals surface area contributed by atoms with Gasteiger partial charge in [0, 0.05) is 23.2 Å². The number of halogens is 1. The zero-order chi connectivity index (χ0) is 14.5. The molecule has 0 bridgehead atoms. The third-order valence-corrected chi connectivity index (χ3v) is 3.29. The zero-order valence-electron chi connectivity index (χ0n) is 11.2. The lowest BCUT2D eigenvalue weighted by molar-refractivity contribution is 0.168. The number of aliphatic hydroxyl groups excluding tert-OH is 1. The standard InChI is InChI=1S/C13H20FN3O2/c1-3-13(2,8-18)16-7-10-5-4-9(6-11(10)14)12(15)17-19/h4-6,16,18-19H,3,7-8H2,1-2H3,(H2,15,17). The van der Waals surface area contributed by atoms with Gasteiger partial charge in [-0.15, -0.1) is 0 Å². The molecule has 0 spiro atoms. The van der Waals surface area contributed by atoms with Crippen LogP contribution in [0.2, 0.25) is 0 Å². The zero-order valence-corrected chi connectivity index (χ0v) is 11.2. The molecular weight excluding hydrogens is 249 g/mol. The molecule has 0 amide bonds. The lowest BCUT2D eigenvalue weighted by Crippen LogP contribution is -2.44. The second-order valence-corrected chi connectivity index (χ2v) is 4.72. The average Bonchev–Trinajstić information content (AvgIpc) is 2.44. The third kappa shape index (κ3) is 3.90. The lowest BCUT2D eigenvalue weighted by atomic mass is 9.99. The molecule has 1 rings (SSSR count). The van der Waals surface area contributed by atoms with Crippen LogP contribution in [0.1, 0.15) is 31.4 Å². The first-order valence-corrected chi connectivity index (χ1v) is 6.08. The Morgan fingerprint density at radius 1 is 1.53 bits per heavy atom. The van der Waals surface area contributed by atoms with Crippen molar-refractivity contribution < 1.29 is 14.7 Å². The number of benzene rings is 1. The second kappa shape index (κ2) is 6.49. The van der Waals surface area contributed by atoms with Gasteiger partial charge in [0.25, 0.3) is 0 Å². The van der Waals surface area contributed by atoms with E-state index in [4.69, 9.17) is 10.9 Å². The largest absolute Gasteiger partial charge is 0.409 e. The quantitative estimate of drug-likeness (QED) is 0.270. The Balaban J connectivity index is 2.81. The van der Waals surface area contributed by atoms with Crippen molar-refractivity contribution in [1.29, 1.82) is 0 Å². The summed E-state index contributed by atoms with van der Waals surface area (Å²) >= 11 is 0. The van der Waals surface area contributed by atoms with Crippen LogP contribution < -0.4 is 11.1 Å². The van der Waals surface area contributed by atoms with Crippen LogP contribution in [0.3, 0.4) is 0 Å². The van der Waals surface area contributed by atoms with Crippen molar-refractivity contribution in [2.45, 2.75) is 32.4 Å². The smallest absolute Gasteiger partial charge is 0.170 e. The summed E-state index contributed by atoms with van der Waals surface area (Å²) < 4.78 is 13.8. The SMILES string of the molecule is CCC(C)(CO)NCc1ccc(C(N)=NO)cc1F. The van der Waals surface area contributed by atoms with Gasteiger partial charge in [-0.25, -0.2) is 4.39 Å². The van der Waals surface area contributed by atoms with Gasteiger partial charge in [-0.1, -0.05) is 24.2 Å². The summed E-state index contributed by atoms with van der Waals surface area (Å²) in [6.07, 6.45) is 0.729. The van der Waals surface area contributed by atoms with E-state index in [9.17, 15) is 9.50 Å². The average molecular weight is 269 g/mol. The predicted molar refractivity (Wildman–Crippen MR) is 71.5 cm³/mol. The fourth-order valence-corrected chi connectivity index (χ4v) is 1.51. The number of amidine groups is 1. The van der Waals surface area contributed by atoms with Crippen molar-refractivity contribution in [1.82, 2.24) is 5.32 Å². The van der Waals surface area contributed by atoms with Gasteiger partial charge in [0.05, 0.1) is 6.61 Å². The number of nitrogens with two attached hydrogens (primary N) is 1. The van der Waals surface area contributed by atoms with Crippen molar-refractivity contribution in [3.05, 3.63) is 35.1 Å². The monoisotopic (exact) mass is 269 g/mol. The van der Waals surface area contributed by atoms with Crippen LogP contribution in [-0.2, 0) is 6.54 Å². The molecule has 0 saturated carbocycles. The molecule has 0 aliphatic heterocycles. The molecule has 1 atom stereocenters. The van der Waals surface area contributed by atoms with E-state index in [0.29, 0.717) is 17.7 Å². The van der Waals surface area contributed by atoms with E-state index in [1.807, 2.05) is 13.8 Å². The van der Waals surface area contributed by atoms with Crippen LogP contribution in [-0.4, -0.2) is 28.3 Å². The van der Waals surface area contributed by atoms with Gasteiger partial charge >= 0.3 is 0 Å². The summed E-state index contributed by atoms with van der Waals surface area (Å²) in [5, 5.41) is 23.7. The van der Waals surface area contributed by atoms with Gasteiger partial charge in [0.1, 0.15) is 5.82 Å². The van der Waals surface area contributed by atoms with Crippen LogP contribution in [0, 0.1) is 5.82 Å². The Labute approximate surface area is 111 Å². The van der Waals surface area contributed by atoms with Crippen molar-refractivity contribution in [2.75, 3.05) is 6.61 Å². The van der Waals surface area contributed by atoms with E-state index in [1.54, 1.807) is 12.1 Å². The van der Waals surface area contributed by atoms with Gasteiger partial charge in [0.15, 0.2) is 5.84 Å².